The third-order valence-electron chi connectivity index (χ3n) is 4.80. The van der Waals surface area contributed by atoms with E-state index < -0.39 is 18.2 Å². The molecular weight excluding hydrogens is 632 g/mol. The first-order valence-corrected chi connectivity index (χ1v) is 12.9. The van der Waals surface area contributed by atoms with Gasteiger partial charge in [-0.15, -0.1) is 0 Å². The lowest BCUT2D eigenvalue weighted by Crippen LogP contribution is -2.24. The summed E-state index contributed by atoms with van der Waals surface area (Å²) in [5.74, 6) is 0.638. The number of hydrazone groups is 1. The molecule has 2 amide bonds. The molecule has 0 saturated carbocycles. The van der Waals surface area contributed by atoms with Crippen molar-refractivity contribution in [2.75, 3.05) is 19.0 Å². The number of methoxy groups -OCH3 is 1. The van der Waals surface area contributed by atoms with Crippen LogP contribution in [0.1, 0.15) is 24.5 Å². The molecule has 0 saturated heterocycles. The minimum Gasteiger partial charge on any atom is -0.497 e. The Morgan fingerprint density at radius 3 is 2.59 bits per heavy atom. The summed E-state index contributed by atoms with van der Waals surface area (Å²) < 4.78 is 17.7. The molecule has 0 bridgehead atoms. The maximum atomic E-state index is 12.1. The molecule has 37 heavy (non-hydrogen) atoms. The van der Waals surface area contributed by atoms with Gasteiger partial charge in [-0.2, -0.15) is 5.10 Å². The summed E-state index contributed by atoms with van der Waals surface area (Å²) in [6, 6.07) is 15.6. The van der Waals surface area contributed by atoms with Crippen molar-refractivity contribution in [2.45, 2.75) is 20.0 Å². The Balaban J connectivity index is 1.60. The van der Waals surface area contributed by atoms with E-state index in [2.05, 4.69) is 38.4 Å². The number of carbonyl (C=O) groups excluding carboxylic acids is 2. The fraction of sp³-hybridized carbons (Fsp3) is 0.192. The zero-order chi connectivity index (χ0) is 26.8. The lowest BCUT2D eigenvalue weighted by atomic mass is 10.2. The molecule has 0 atom stereocenters. The first-order chi connectivity index (χ1) is 17.8. The molecule has 0 spiro atoms. The number of carbonyl (C=O) groups is 2. The molecule has 0 radical (unpaired) electrons. The smallest absolute Gasteiger partial charge is 0.249 e. The molecule has 3 aromatic rings. The van der Waals surface area contributed by atoms with Crippen LogP contribution in [0.5, 0.6) is 17.2 Å². The fourth-order valence-corrected chi connectivity index (χ4v) is 4.37. The van der Waals surface area contributed by atoms with Crippen LogP contribution in [0.4, 0.5) is 5.69 Å². The highest BCUT2D eigenvalue weighted by Crippen LogP contribution is 2.35. The monoisotopic (exact) mass is 655 g/mol. The van der Waals surface area contributed by atoms with Crippen molar-refractivity contribution in [3.05, 3.63) is 79.3 Å². The number of hydrogen-bond acceptors (Lipinski definition) is 6. The van der Waals surface area contributed by atoms with Gasteiger partial charge in [0.15, 0.2) is 11.5 Å². The predicted molar refractivity (Wildman–Crippen MR) is 153 cm³/mol. The Morgan fingerprint density at radius 2 is 1.86 bits per heavy atom. The van der Waals surface area contributed by atoms with Gasteiger partial charge in [-0.25, -0.2) is 5.43 Å². The number of halogens is 3. The van der Waals surface area contributed by atoms with Gasteiger partial charge in [-0.1, -0.05) is 35.3 Å². The van der Waals surface area contributed by atoms with E-state index in [0.29, 0.717) is 45.2 Å². The van der Waals surface area contributed by atoms with E-state index in [4.69, 9.17) is 37.4 Å². The van der Waals surface area contributed by atoms with Crippen LogP contribution in [-0.2, 0) is 16.2 Å². The van der Waals surface area contributed by atoms with Crippen LogP contribution in [-0.4, -0.2) is 31.7 Å². The fourth-order valence-electron chi connectivity index (χ4n) is 3.12. The van der Waals surface area contributed by atoms with E-state index >= 15 is 0 Å². The molecule has 194 valence electrons. The molecule has 3 aromatic carbocycles. The maximum Gasteiger partial charge on any atom is 0.249 e. The van der Waals surface area contributed by atoms with E-state index in [1.807, 2.05) is 13.0 Å². The van der Waals surface area contributed by atoms with Crippen molar-refractivity contribution in [1.82, 2.24) is 5.43 Å². The quantitative estimate of drug-likeness (QED) is 0.113. The Labute approximate surface area is 238 Å². The summed E-state index contributed by atoms with van der Waals surface area (Å²) >= 11 is 14.3. The number of amides is 2. The van der Waals surface area contributed by atoms with Gasteiger partial charge < -0.3 is 19.5 Å². The van der Waals surface area contributed by atoms with Gasteiger partial charge in [-0.3, -0.25) is 9.59 Å². The third kappa shape index (κ3) is 8.80. The summed E-state index contributed by atoms with van der Waals surface area (Å²) in [6.07, 6.45) is 1.07. The third-order valence-corrected chi connectivity index (χ3v) is 6.18. The van der Waals surface area contributed by atoms with Crippen LogP contribution in [0.2, 0.25) is 10.0 Å². The minimum atomic E-state index is -0.559. The summed E-state index contributed by atoms with van der Waals surface area (Å²) in [6.45, 7) is 2.52. The number of rotatable bonds is 11. The highest BCUT2D eigenvalue weighted by atomic mass is 127. The minimum absolute atomic E-state index is 0.230. The molecule has 0 aliphatic rings. The first kappa shape index (κ1) is 28.5. The number of nitrogens with zero attached hydrogens (tertiary/aromatic N) is 1. The molecule has 0 aliphatic heterocycles. The van der Waals surface area contributed by atoms with Crippen molar-refractivity contribution in [3.63, 3.8) is 0 Å². The summed E-state index contributed by atoms with van der Waals surface area (Å²) in [4.78, 5) is 24.3. The highest BCUT2D eigenvalue weighted by Gasteiger charge is 2.14. The number of benzene rings is 3. The largest absolute Gasteiger partial charge is 0.497 e. The molecular formula is C26H24Cl2IN3O5. The van der Waals surface area contributed by atoms with Gasteiger partial charge in [0, 0.05) is 27.4 Å². The van der Waals surface area contributed by atoms with E-state index in [-0.39, 0.29) is 6.61 Å². The SMILES string of the molecule is CCOc1cc(C=NNC(=O)CC(=O)Nc2cccc(OC)c2)cc(I)c1OCc1ccc(Cl)cc1Cl. The average molecular weight is 656 g/mol. The van der Waals surface area contributed by atoms with Crippen molar-refractivity contribution >= 4 is 69.5 Å². The molecule has 0 aromatic heterocycles. The van der Waals surface area contributed by atoms with Crippen molar-refractivity contribution in [2.24, 2.45) is 5.10 Å². The molecule has 0 fully saturated rings. The second kappa shape index (κ2) is 14.1. The van der Waals surface area contributed by atoms with Crippen LogP contribution < -0.4 is 25.0 Å². The van der Waals surface area contributed by atoms with Crippen molar-refractivity contribution in [1.29, 1.82) is 0 Å². The van der Waals surface area contributed by atoms with Gasteiger partial charge in [0.25, 0.3) is 0 Å². The molecule has 2 N–H and O–H groups in total. The summed E-state index contributed by atoms with van der Waals surface area (Å²) in [5, 5.41) is 7.66. The second-order valence-electron chi connectivity index (χ2n) is 7.54. The molecule has 8 nitrogen and oxygen atoms in total. The number of ether oxygens (including phenoxy) is 3. The van der Waals surface area contributed by atoms with E-state index in [9.17, 15) is 9.59 Å². The van der Waals surface area contributed by atoms with Crippen molar-refractivity contribution in [3.8, 4) is 17.2 Å². The molecule has 0 aliphatic carbocycles. The highest BCUT2D eigenvalue weighted by molar-refractivity contribution is 14.1. The average Bonchev–Trinajstić information content (AvgIpc) is 2.84. The Bertz CT molecular complexity index is 1300. The first-order valence-electron chi connectivity index (χ1n) is 11.1. The van der Waals surface area contributed by atoms with Crippen LogP contribution in [0.15, 0.2) is 59.7 Å². The summed E-state index contributed by atoms with van der Waals surface area (Å²) in [5.41, 5.74) is 4.34. The van der Waals surface area contributed by atoms with E-state index in [1.165, 1.54) is 13.3 Å². The Morgan fingerprint density at radius 1 is 1.05 bits per heavy atom. The molecule has 0 unspecified atom stereocenters. The lowest BCUT2D eigenvalue weighted by Gasteiger charge is -2.15. The number of hydrogen-bond donors (Lipinski definition) is 2. The molecule has 0 heterocycles. The van der Waals surface area contributed by atoms with Gasteiger partial charge in [0.1, 0.15) is 18.8 Å². The predicted octanol–water partition coefficient (Wildman–Crippen LogP) is 6.06. The second-order valence-corrected chi connectivity index (χ2v) is 9.54. The van der Waals surface area contributed by atoms with E-state index in [1.54, 1.807) is 48.5 Å². The molecule has 11 heteroatoms. The number of anilines is 1. The standard InChI is InChI=1S/C26H24Cl2IN3O5/c1-3-36-23-10-16(9-22(29)26(23)37-15-17-7-8-18(27)11-21(17)28)14-30-32-25(34)13-24(33)31-19-5-4-6-20(12-19)35-2/h4-12,14H,3,13,15H2,1-2H3,(H,31,33)(H,32,34). The topological polar surface area (TPSA) is 98.2 Å². The van der Waals surface area contributed by atoms with Crippen LogP contribution in [0.25, 0.3) is 0 Å². The normalized spacial score (nSPS) is 10.7. The zero-order valence-corrected chi connectivity index (χ0v) is 23.7. The summed E-state index contributed by atoms with van der Waals surface area (Å²) in [7, 11) is 1.53. The Hall–Kier alpha value is -3.02. The van der Waals surface area contributed by atoms with Crippen LogP contribution in [0, 0.1) is 3.57 Å². The number of nitrogens with one attached hydrogen (secondary N) is 2. The zero-order valence-electron chi connectivity index (χ0n) is 20.0. The van der Waals surface area contributed by atoms with Crippen LogP contribution >= 0.6 is 45.8 Å². The van der Waals surface area contributed by atoms with Crippen molar-refractivity contribution < 1.29 is 23.8 Å². The van der Waals surface area contributed by atoms with Gasteiger partial charge >= 0.3 is 0 Å². The van der Waals surface area contributed by atoms with Gasteiger partial charge in [-0.05, 0) is 71.5 Å². The lowest BCUT2D eigenvalue weighted by molar-refractivity contribution is -0.126. The maximum absolute atomic E-state index is 12.1. The van der Waals surface area contributed by atoms with Gasteiger partial charge in [0.05, 0.1) is 23.5 Å². The Kier molecular flexibility index (Phi) is 10.8. The van der Waals surface area contributed by atoms with Crippen LogP contribution in [0.3, 0.4) is 0 Å². The van der Waals surface area contributed by atoms with E-state index in [0.717, 1.165) is 9.13 Å². The van der Waals surface area contributed by atoms with Gasteiger partial charge in [0.2, 0.25) is 11.8 Å². The molecule has 3 rings (SSSR count).